The van der Waals surface area contributed by atoms with E-state index in [9.17, 15) is 9.90 Å². The van der Waals surface area contributed by atoms with E-state index < -0.39 is 5.60 Å². The molecule has 6 heteroatoms. The predicted octanol–water partition coefficient (Wildman–Crippen LogP) is 4.18. The maximum atomic E-state index is 12.3. The van der Waals surface area contributed by atoms with Crippen LogP contribution in [0.25, 0.3) is 11.0 Å². The third-order valence-corrected chi connectivity index (χ3v) is 5.29. The highest BCUT2D eigenvalue weighted by Crippen LogP contribution is 2.37. The zero-order chi connectivity index (χ0) is 20.5. The number of allylic oxidation sites excluding steroid dienone is 1. The van der Waals surface area contributed by atoms with Gasteiger partial charge in [-0.2, -0.15) is 0 Å². The number of carbonyl (C=O) groups excluding carboxylic acids is 1. The average Bonchev–Trinajstić information content (AvgIpc) is 3.03. The second-order valence-corrected chi connectivity index (χ2v) is 7.19. The predicted molar refractivity (Wildman–Crippen MR) is 113 cm³/mol. The summed E-state index contributed by atoms with van der Waals surface area (Å²) in [6.07, 6.45) is 1.85. The Balaban J connectivity index is 2.25. The summed E-state index contributed by atoms with van der Waals surface area (Å²) in [6.45, 7) is 6.12. The molecule has 0 spiro atoms. The van der Waals surface area contributed by atoms with Gasteiger partial charge in [-0.3, -0.25) is 4.79 Å². The number of carbonyl (C=O) groups is 1. The van der Waals surface area contributed by atoms with Gasteiger partial charge in [0.1, 0.15) is 0 Å². The van der Waals surface area contributed by atoms with Gasteiger partial charge in [0.2, 0.25) is 0 Å². The number of imidazole rings is 1. The lowest BCUT2D eigenvalue weighted by atomic mass is 9.84. The Morgan fingerprint density at radius 3 is 2.75 bits per heavy atom. The summed E-state index contributed by atoms with van der Waals surface area (Å²) in [5, 5.41) is 15.3. The van der Waals surface area contributed by atoms with Crippen LogP contribution in [0.15, 0.2) is 54.1 Å². The number of aryl methyl sites for hydroxylation is 1. The normalized spacial score (nSPS) is 14.1. The van der Waals surface area contributed by atoms with E-state index in [0.717, 1.165) is 11.0 Å². The molecule has 1 atom stereocenters. The quantitative estimate of drug-likeness (QED) is 0.634. The van der Waals surface area contributed by atoms with Gasteiger partial charge in [0.15, 0.2) is 11.4 Å². The smallest absolute Gasteiger partial charge is 0.251 e. The molecule has 0 aliphatic heterocycles. The van der Waals surface area contributed by atoms with Crippen LogP contribution in [0.2, 0.25) is 5.02 Å². The highest BCUT2D eigenvalue weighted by Gasteiger charge is 2.38. The van der Waals surface area contributed by atoms with E-state index in [-0.39, 0.29) is 5.91 Å². The second kappa shape index (κ2) is 7.78. The zero-order valence-corrected chi connectivity index (χ0v) is 17.2. The van der Waals surface area contributed by atoms with Crippen LogP contribution in [0.4, 0.5) is 0 Å². The van der Waals surface area contributed by atoms with Crippen LogP contribution in [-0.4, -0.2) is 27.1 Å². The lowest BCUT2D eigenvalue weighted by molar-refractivity contribution is 0.0953. The van der Waals surface area contributed by atoms with Crippen LogP contribution in [0.1, 0.15) is 42.5 Å². The van der Waals surface area contributed by atoms with Gasteiger partial charge in [-0.05, 0) is 62.2 Å². The summed E-state index contributed by atoms with van der Waals surface area (Å²) in [6, 6.07) is 12.5. The van der Waals surface area contributed by atoms with Crippen molar-refractivity contribution in [3.63, 3.8) is 0 Å². The Morgan fingerprint density at radius 2 is 2.07 bits per heavy atom. The molecule has 146 valence electrons. The van der Waals surface area contributed by atoms with E-state index in [1.807, 2.05) is 56.7 Å². The summed E-state index contributed by atoms with van der Waals surface area (Å²) < 4.78 is 1.84. The number of benzene rings is 2. The lowest BCUT2D eigenvalue weighted by Gasteiger charge is -2.29. The number of fused-ring (bicyclic) bond motifs is 1. The SMILES string of the molecule is C/C=C(\C)C(O)(c1cccc(C(=O)NCC)c1)c1nc2ccc(Cl)cc2n1C. The number of amides is 1. The van der Waals surface area contributed by atoms with Crippen LogP contribution in [0.3, 0.4) is 0 Å². The average molecular weight is 398 g/mol. The lowest BCUT2D eigenvalue weighted by Crippen LogP contribution is -2.33. The fourth-order valence-corrected chi connectivity index (χ4v) is 3.54. The topological polar surface area (TPSA) is 67.2 Å². The molecule has 1 heterocycles. The largest absolute Gasteiger partial charge is 0.373 e. The van der Waals surface area contributed by atoms with Crippen molar-refractivity contribution in [3.05, 3.63) is 76.1 Å². The fourth-order valence-electron chi connectivity index (χ4n) is 3.38. The van der Waals surface area contributed by atoms with Gasteiger partial charge in [-0.15, -0.1) is 0 Å². The number of hydrogen-bond acceptors (Lipinski definition) is 3. The van der Waals surface area contributed by atoms with Gasteiger partial charge in [0.05, 0.1) is 11.0 Å². The summed E-state index contributed by atoms with van der Waals surface area (Å²) in [5.74, 6) is 0.287. The molecule has 0 saturated heterocycles. The number of rotatable bonds is 5. The van der Waals surface area contributed by atoms with Crippen LogP contribution in [0.5, 0.6) is 0 Å². The molecule has 28 heavy (non-hydrogen) atoms. The van der Waals surface area contributed by atoms with Crippen molar-refractivity contribution in [1.82, 2.24) is 14.9 Å². The van der Waals surface area contributed by atoms with E-state index in [1.54, 1.807) is 24.3 Å². The van der Waals surface area contributed by atoms with Gasteiger partial charge < -0.3 is 15.0 Å². The van der Waals surface area contributed by atoms with Crippen molar-refractivity contribution >= 4 is 28.5 Å². The molecular formula is C22H24ClN3O2. The highest BCUT2D eigenvalue weighted by atomic mass is 35.5. The molecule has 5 nitrogen and oxygen atoms in total. The highest BCUT2D eigenvalue weighted by molar-refractivity contribution is 6.31. The van der Waals surface area contributed by atoms with Gasteiger partial charge in [0.25, 0.3) is 5.91 Å². The first-order valence-electron chi connectivity index (χ1n) is 9.19. The van der Waals surface area contributed by atoms with E-state index in [4.69, 9.17) is 16.6 Å². The Kier molecular flexibility index (Phi) is 5.59. The van der Waals surface area contributed by atoms with Crippen molar-refractivity contribution < 1.29 is 9.90 Å². The van der Waals surface area contributed by atoms with Crippen molar-refractivity contribution in [1.29, 1.82) is 0 Å². The Labute approximate surface area is 169 Å². The maximum Gasteiger partial charge on any atom is 0.251 e. The van der Waals surface area contributed by atoms with Crippen LogP contribution < -0.4 is 5.32 Å². The minimum absolute atomic E-state index is 0.179. The van der Waals surface area contributed by atoms with Gasteiger partial charge in [-0.25, -0.2) is 4.98 Å². The molecule has 0 aliphatic carbocycles. The van der Waals surface area contributed by atoms with Crippen molar-refractivity contribution in [3.8, 4) is 0 Å². The van der Waals surface area contributed by atoms with Crippen molar-refractivity contribution in [2.45, 2.75) is 26.4 Å². The van der Waals surface area contributed by atoms with E-state index in [1.165, 1.54) is 0 Å². The number of hydrogen-bond donors (Lipinski definition) is 2. The molecule has 1 unspecified atom stereocenters. The molecule has 0 saturated carbocycles. The molecule has 2 aromatic carbocycles. The third kappa shape index (κ3) is 3.32. The van der Waals surface area contributed by atoms with Gasteiger partial charge in [0, 0.05) is 24.2 Å². The zero-order valence-electron chi connectivity index (χ0n) is 16.5. The third-order valence-electron chi connectivity index (χ3n) is 5.05. The number of aliphatic hydroxyl groups is 1. The number of aromatic nitrogens is 2. The van der Waals surface area contributed by atoms with Crippen LogP contribution in [0, 0.1) is 0 Å². The fraction of sp³-hybridized carbons (Fsp3) is 0.273. The number of nitrogens with one attached hydrogen (secondary N) is 1. The minimum atomic E-state index is -1.49. The summed E-state index contributed by atoms with van der Waals surface area (Å²) in [4.78, 5) is 17.0. The molecule has 0 fully saturated rings. The number of halogens is 1. The van der Waals surface area contributed by atoms with E-state index in [2.05, 4.69) is 5.32 Å². The van der Waals surface area contributed by atoms with E-state index in [0.29, 0.717) is 34.1 Å². The Morgan fingerprint density at radius 1 is 1.32 bits per heavy atom. The first kappa shape index (κ1) is 20.1. The molecular weight excluding hydrogens is 374 g/mol. The standard InChI is InChI=1S/C22H24ClN3O2/c1-5-14(3)22(28,16-9-7-8-15(12-16)20(27)24-6-2)21-25-18-11-10-17(23)13-19(18)26(21)4/h5,7-13,28H,6H2,1-4H3,(H,24,27)/b14-5+. The van der Waals surface area contributed by atoms with Crippen LogP contribution in [-0.2, 0) is 12.6 Å². The van der Waals surface area contributed by atoms with Gasteiger partial charge >= 0.3 is 0 Å². The Bertz CT molecular complexity index is 1070. The van der Waals surface area contributed by atoms with Crippen molar-refractivity contribution in [2.24, 2.45) is 7.05 Å². The minimum Gasteiger partial charge on any atom is -0.373 e. The molecule has 2 N–H and O–H groups in total. The first-order chi connectivity index (χ1) is 13.3. The Hall–Kier alpha value is -2.63. The second-order valence-electron chi connectivity index (χ2n) is 6.75. The summed E-state index contributed by atoms with van der Waals surface area (Å²) in [5.41, 5.74) is 1.86. The molecule has 0 bridgehead atoms. The monoisotopic (exact) mass is 397 g/mol. The molecule has 0 aliphatic rings. The van der Waals surface area contributed by atoms with Crippen molar-refractivity contribution in [2.75, 3.05) is 6.54 Å². The molecule has 1 aromatic heterocycles. The molecule has 3 aromatic rings. The molecule has 3 rings (SSSR count). The maximum absolute atomic E-state index is 12.3. The van der Waals surface area contributed by atoms with Crippen LogP contribution >= 0.6 is 11.6 Å². The summed E-state index contributed by atoms with van der Waals surface area (Å²) >= 11 is 6.15. The number of nitrogens with zero attached hydrogens (tertiary/aromatic N) is 2. The van der Waals surface area contributed by atoms with E-state index >= 15 is 0 Å². The van der Waals surface area contributed by atoms with Gasteiger partial charge in [-0.1, -0.05) is 29.8 Å². The first-order valence-corrected chi connectivity index (χ1v) is 9.57. The molecule has 0 radical (unpaired) electrons. The summed E-state index contributed by atoms with van der Waals surface area (Å²) in [7, 11) is 1.85. The molecule has 1 amide bonds.